The number of amides is 2. The topological polar surface area (TPSA) is 111 Å². The van der Waals surface area contributed by atoms with Gasteiger partial charge in [-0.3, -0.25) is 4.79 Å². The number of rotatable bonds is 6. The van der Waals surface area contributed by atoms with Gasteiger partial charge in [0.05, 0.1) is 5.56 Å². The third-order valence-corrected chi connectivity index (χ3v) is 6.19. The Labute approximate surface area is 184 Å². The largest absolute Gasteiger partial charge is 0.465 e. The standard InChI is InChI=1S/C24H34N4O3/c1-15-19(22(25)29)13-21(27-15)18-7-5-6-8-20(18)26-14-16-9-11-17(12-10-16)28(23(30)31)24(2,3)4/h5-8,13,16-17,26-27H,9-12,14H2,1-4H3,(H2,25,29)(H,30,31)/t16-,17+. The van der Waals surface area contributed by atoms with E-state index in [1.807, 2.05) is 52.0 Å². The first-order valence-corrected chi connectivity index (χ1v) is 10.9. The Balaban J connectivity index is 1.64. The number of hydrogen-bond acceptors (Lipinski definition) is 3. The van der Waals surface area contributed by atoms with Gasteiger partial charge in [0.1, 0.15) is 0 Å². The number of carboxylic acid groups (broad SMARTS) is 1. The van der Waals surface area contributed by atoms with Crippen LogP contribution in [0.25, 0.3) is 11.3 Å². The summed E-state index contributed by atoms with van der Waals surface area (Å²) < 4.78 is 0. The zero-order chi connectivity index (χ0) is 22.8. The lowest BCUT2D eigenvalue weighted by Gasteiger charge is -2.42. The number of aryl methyl sites for hydroxylation is 1. The molecule has 31 heavy (non-hydrogen) atoms. The van der Waals surface area contributed by atoms with Crippen LogP contribution >= 0.6 is 0 Å². The molecule has 1 aliphatic carbocycles. The number of nitrogens with one attached hydrogen (secondary N) is 2. The molecule has 0 aliphatic heterocycles. The third-order valence-electron chi connectivity index (χ3n) is 6.19. The van der Waals surface area contributed by atoms with Crippen molar-refractivity contribution in [2.24, 2.45) is 11.7 Å². The van der Waals surface area contributed by atoms with Gasteiger partial charge in [0, 0.05) is 40.8 Å². The van der Waals surface area contributed by atoms with Crippen LogP contribution < -0.4 is 11.1 Å². The van der Waals surface area contributed by atoms with Crippen molar-refractivity contribution < 1.29 is 14.7 Å². The van der Waals surface area contributed by atoms with Crippen LogP contribution in [0.2, 0.25) is 0 Å². The number of aromatic amines is 1. The molecule has 168 valence electrons. The quantitative estimate of drug-likeness (QED) is 0.529. The van der Waals surface area contributed by atoms with E-state index in [0.29, 0.717) is 11.5 Å². The van der Waals surface area contributed by atoms with E-state index in [9.17, 15) is 14.7 Å². The fourth-order valence-electron chi connectivity index (χ4n) is 4.68. The van der Waals surface area contributed by atoms with Gasteiger partial charge in [-0.15, -0.1) is 0 Å². The summed E-state index contributed by atoms with van der Waals surface area (Å²) in [5.41, 5.74) is 9.20. The van der Waals surface area contributed by atoms with Crippen molar-refractivity contribution in [3.63, 3.8) is 0 Å². The highest BCUT2D eigenvalue weighted by Crippen LogP contribution is 2.33. The van der Waals surface area contributed by atoms with Crippen LogP contribution in [0.15, 0.2) is 30.3 Å². The summed E-state index contributed by atoms with van der Waals surface area (Å²) in [6.07, 6.45) is 2.92. The molecule has 1 aromatic carbocycles. The Morgan fingerprint density at radius 3 is 2.39 bits per heavy atom. The zero-order valence-corrected chi connectivity index (χ0v) is 18.9. The van der Waals surface area contributed by atoms with Crippen LogP contribution in [0.3, 0.4) is 0 Å². The zero-order valence-electron chi connectivity index (χ0n) is 18.9. The SMILES string of the molecule is Cc1[nH]c(-c2ccccc2NC[C@H]2CC[C@@H](N(C(=O)O)C(C)(C)C)CC2)cc1C(N)=O. The van der Waals surface area contributed by atoms with Gasteiger partial charge in [-0.25, -0.2) is 4.79 Å². The molecule has 0 atom stereocenters. The van der Waals surface area contributed by atoms with Gasteiger partial charge in [-0.05, 0) is 71.4 Å². The van der Waals surface area contributed by atoms with E-state index in [0.717, 1.165) is 54.9 Å². The van der Waals surface area contributed by atoms with Crippen LogP contribution in [0.1, 0.15) is 62.5 Å². The van der Waals surface area contributed by atoms with E-state index in [1.54, 1.807) is 11.0 Å². The Morgan fingerprint density at radius 2 is 1.84 bits per heavy atom. The van der Waals surface area contributed by atoms with Gasteiger partial charge in [0.15, 0.2) is 0 Å². The molecule has 1 fully saturated rings. The number of hydrogen-bond donors (Lipinski definition) is 4. The molecule has 1 aliphatic rings. The first kappa shape index (κ1) is 22.7. The number of carbonyl (C=O) groups is 2. The Morgan fingerprint density at radius 1 is 1.19 bits per heavy atom. The monoisotopic (exact) mass is 426 g/mol. The second kappa shape index (κ2) is 9.04. The fourth-order valence-corrected chi connectivity index (χ4v) is 4.68. The molecule has 7 heteroatoms. The molecule has 3 rings (SSSR count). The Bertz CT molecular complexity index is 937. The first-order valence-electron chi connectivity index (χ1n) is 10.9. The molecule has 0 unspecified atom stereocenters. The number of carbonyl (C=O) groups excluding carboxylic acids is 1. The maximum absolute atomic E-state index is 11.8. The van der Waals surface area contributed by atoms with E-state index < -0.39 is 17.5 Å². The van der Waals surface area contributed by atoms with Crippen molar-refractivity contribution in [1.82, 2.24) is 9.88 Å². The third kappa shape index (κ3) is 5.21. The number of anilines is 1. The number of aromatic nitrogens is 1. The minimum absolute atomic E-state index is 0.0788. The highest BCUT2D eigenvalue weighted by atomic mass is 16.4. The molecule has 0 saturated heterocycles. The summed E-state index contributed by atoms with van der Waals surface area (Å²) in [4.78, 5) is 28.3. The molecule has 0 bridgehead atoms. The molecule has 1 aromatic heterocycles. The lowest BCUT2D eigenvalue weighted by molar-refractivity contribution is 0.0512. The number of nitrogens with zero attached hydrogens (tertiary/aromatic N) is 1. The Kier molecular flexibility index (Phi) is 6.62. The normalized spacial score (nSPS) is 19.1. The molecule has 1 saturated carbocycles. The number of H-pyrrole nitrogens is 1. The van der Waals surface area contributed by atoms with Crippen molar-refractivity contribution >= 4 is 17.7 Å². The highest BCUT2D eigenvalue weighted by molar-refractivity contribution is 5.96. The van der Waals surface area contributed by atoms with Crippen molar-refractivity contribution in [3.8, 4) is 11.3 Å². The number of para-hydroxylation sites is 1. The summed E-state index contributed by atoms with van der Waals surface area (Å²) in [5.74, 6) is 0.0549. The second-order valence-corrected chi connectivity index (χ2v) is 9.51. The van der Waals surface area contributed by atoms with Crippen LogP contribution in [0.4, 0.5) is 10.5 Å². The molecule has 2 aromatic rings. The Hall–Kier alpha value is -2.96. The van der Waals surface area contributed by atoms with Crippen LogP contribution in [0.5, 0.6) is 0 Å². The van der Waals surface area contributed by atoms with Crippen LogP contribution in [0, 0.1) is 12.8 Å². The highest BCUT2D eigenvalue weighted by Gasteiger charge is 2.35. The van der Waals surface area contributed by atoms with Crippen molar-refractivity contribution in [1.29, 1.82) is 0 Å². The molecular weight excluding hydrogens is 392 g/mol. The van der Waals surface area contributed by atoms with E-state index in [-0.39, 0.29) is 6.04 Å². The minimum atomic E-state index is -0.834. The van der Waals surface area contributed by atoms with Crippen molar-refractivity contribution in [2.75, 3.05) is 11.9 Å². The summed E-state index contributed by atoms with van der Waals surface area (Å²) >= 11 is 0. The summed E-state index contributed by atoms with van der Waals surface area (Å²) in [6.45, 7) is 8.54. The van der Waals surface area contributed by atoms with Gasteiger partial charge < -0.3 is 26.0 Å². The number of nitrogens with two attached hydrogens (primary N) is 1. The predicted molar refractivity (Wildman–Crippen MR) is 123 cm³/mol. The second-order valence-electron chi connectivity index (χ2n) is 9.51. The number of benzene rings is 1. The van der Waals surface area contributed by atoms with E-state index >= 15 is 0 Å². The van der Waals surface area contributed by atoms with Gasteiger partial charge in [0.2, 0.25) is 0 Å². The molecule has 0 spiro atoms. The predicted octanol–water partition coefficient (Wildman–Crippen LogP) is 4.84. The molecule has 2 amide bonds. The number of primary amides is 1. The molecular formula is C24H34N4O3. The fraction of sp³-hybridized carbons (Fsp3) is 0.500. The maximum Gasteiger partial charge on any atom is 0.407 e. The van der Waals surface area contributed by atoms with Gasteiger partial charge in [0.25, 0.3) is 5.91 Å². The average molecular weight is 427 g/mol. The molecule has 7 nitrogen and oxygen atoms in total. The molecule has 0 radical (unpaired) electrons. The lowest BCUT2D eigenvalue weighted by atomic mass is 9.84. The van der Waals surface area contributed by atoms with Gasteiger partial charge in [-0.2, -0.15) is 0 Å². The minimum Gasteiger partial charge on any atom is -0.465 e. The van der Waals surface area contributed by atoms with E-state index in [2.05, 4.69) is 10.3 Å². The summed E-state index contributed by atoms with van der Waals surface area (Å²) in [6, 6.07) is 9.89. The smallest absolute Gasteiger partial charge is 0.407 e. The van der Waals surface area contributed by atoms with E-state index in [1.165, 1.54) is 0 Å². The van der Waals surface area contributed by atoms with Crippen LogP contribution in [-0.4, -0.2) is 45.1 Å². The van der Waals surface area contributed by atoms with Crippen molar-refractivity contribution in [3.05, 3.63) is 41.6 Å². The molecule has 5 N–H and O–H groups in total. The maximum atomic E-state index is 11.8. The van der Waals surface area contributed by atoms with Gasteiger partial charge >= 0.3 is 6.09 Å². The van der Waals surface area contributed by atoms with Crippen LogP contribution in [-0.2, 0) is 0 Å². The van der Waals surface area contributed by atoms with Gasteiger partial charge in [-0.1, -0.05) is 18.2 Å². The lowest BCUT2D eigenvalue weighted by Crippen LogP contribution is -2.52. The van der Waals surface area contributed by atoms with Crippen molar-refractivity contribution in [2.45, 2.75) is 65.0 Å². The summed E-state index contributed by atoms with van der Waals surface area (Å²) in [5, 5.41) is 13.2. The summed E-state index contributed by atoms with van der Waals surface area (Å²) in [7, 11) is 0. The molecule has 1 heterocycles. The average Bonchev–Trinajstić information content (AvgIpc) is 3.08. The van der Waals surface area contributed by atoms with E-state index in [4.69, 9.17) is 5.73 Å². The first-order chi connectivity index (χ1) is 14.6.